The van der Waals surface area contributed by atoms with E-state index in [-0.39, 0.29) is 5.91 Å². The third kappa shape index (κ3) is 3.30. The van der Waals surface area contributed by atoms with Crippen LogP contribution in [-0.4, -0.2) is 12.1 Å². The lowest BCUT2D eigenvalue weighted by molar-refractivity contribution is 0.0955. The van der Waals surface area contributed by atoms with Crippen molar-refractivity contribution in [3.05, 3.63) is 84.1 Å². The lowest BCUT2D eigenvalue weighted by atomic mass is 10.2. The summed E-state index contributed by atoms with van der Waals surface area (Å²) in [5.41, 5.74) is 4.02. The van der Waals surface area contributed by atoms with Gasteiger partial charge in [-0.2, -0.15) is 5.10 Å². The van der Waals surface area contributed by atoms with Crippen molar-refractivity contribution < 1.29 is 9.21 Å². The molecule has 0 fully saturated rings. The van der Waals surface area contributed by atoms with E-state index in [0.29, 0.717) is 11.3 Å². The zero-order valence-electron chi connectivity index (χ0n) is 11.8. The fourth-order valence-electron chi connectivity index (χ4n) is 1.99. The first-order valence-electron chi connectivity index (χ1n) is 6.86. The number of carbonyl (C=O) groups excluding carboxylic acids is 1. The van der Waals surface area contributed by atoms with Crippen LogP contribution in [0.5, 0.6) is 0 Å². The van der Waals surface area contributed by atoms with Crippen LogP contribution in [0.4, 0.5) is 0 Å². The fourth-order valence-corrected chi connectivity index (χ4v) is 1.99. The van der Waals surface area contributed by atoms with Gasteiger partial charge in [-0.05, 0) is 24.3 Å². The van der Waals surface area contributed by atoms with Crippen LogP contribution in [0, 0.1) is 0 Å². The summed E-state index contributed by atoms with van der Waals surface area (Å²) in [5.74, 6) is 1.08. The van der Waals surface area contributed by atoms with Crippen molar-refractivity contribution in [1.29, 1.82) is 0 Å². The van der Waals surface area contributed by atoms with Crippen LogP contribution < -0.4 is 5.43 Å². The second-order valence-electron chi connectivity index (χ2n) is 4.63. The average Bonchev–Trinajstić information content (AvgIpc) is 3.05. The lowest BCUT2D eigenvalue weighted by Crippen LogP contribution is -2.17. The molecule has 0 atom stereocenters. The Morgan fingerprint density at radius 2 is 1.59 bits per heavy atom. The fraction of sp³-hybridized carbons (Fsp3) is 0. The summed E-state index contributed by atoms with van der Waals surface area (Å²) in [6, 6.07) is 22.4. The summed E-state index contributed by atoms with van der Waals surface area (Å²) in [7, 11) is 0. The first-order chi connectivity index (χ1) is 10.8. The van der Waals surface area contributed by atoms with E-state index in [1.165, 1.54) is 6.21 Å². The molecule has 4 nitrogen and oxygen atoms in total. The van der Waals surface area contributed by atoms with E-state index in [4.69, 9.17) is 4.42 Å². The van der Waals surface area contributed by atoms with Gasteiger partial charge in [0.1, 0.15) is 11.5 Å². The van der Waals surface area contributed by atoms with Crippen LogP contribution >= 0.6 is 0 Å². The molecule has 1 aromatic heterocycles. The third-order valence-corrected chi connectivity index (χ3v) is 3.08. The van der Waals surface area contributed by atoms with E-state index in [0.717, 1.165) is 11.3 Å². The Labute approximate surface area is 128 Å². The number of hydrazone groups is 1. The second-order valence-corrected chi connectivity index (χ2v) is 4.63. The third-order valence-electron chi connectivity index (χ3n) is 3.08. The molecular weight excluding hydrogens is 276 g/mol. The molecule has 0 aliphatic rings. The van der Waals surface area contributed by atoms with Crippen molar-refractivity contribution in [2.75, 3.05) is 0 Å². The summed E-state index contributed by atoms with van der Waals surface area (Å²) in [4.78, 5) is 11.8. The monoisotopic (exact) mass is 290 g/mol. The van der Waals surface area contributed by atoms with Crippen LogP contribution in [0.1, 0.15) is 16.1 Å². The molecule has 0 aliphatic heterocycles. The van der Waals surface area contributed by atoms with Gasteiger partial charge in [0, 0.05) is 11.1 Å². The molecule has 0 saturated heterocycles. The van der Waals surface area contributed by atoms with E-state index in [1.54, 1.807) is 30.3 Å². The van der Waals surface area contributed by atoms with Crippen molar-refractivity contribution in [3.8, 4) is 11.3 Å². The SMILES string of the molecule is O=C(N/N=C\c1ccc(-c2ccccc2)o1)c1ccccc1. The van der Waals surface area contributed by atoms with Gasteiger partial charge < -0.3 is 4.42 Å². The Hall–Kier alpha value is -3.14. The van der Waals surface area contributed by atoms with E-state index in [1.807, 2.05) is 42.5 Å². The van der Waals surface area contributed by atoms with Gasteiger partial charge >= 0.3 is 0 Å². The van der Waals surface area contributed by atoms with Gasteiger partial charge in [-0.15, -0.1) is 0 Å². The molecule has 0 unspecified atom stereocenters. The van der Waals surface area contributed by atoms with Gasteiger partial charge in [-0.3, -0.25) is 4.79 Å². The molecule has 1 N–H and O–H groups in total. The molecule has 108 valence electrons. The normalized spacial score (nSPS) is 10.7. The first-order valence-corrected chi connectivity index (χ1v) is 6.86. The van der Waals surface area contributed by atoms with Crippen LogP contribution in [0.3, 0.4) is 0 Å². The Bertz CT molecular complexity index is 777. The lowest BCUT2D eigenvalue weighted by Gasteiger charge is -1.98. The predicted molar refractivity (Wildman–Crippen MR) is 85.6 cm³/mol. The zero-order chi connectivity index (χ0) is 15.2. The maximum atomic E-state index is 11.8. The Balaban J connectivity index is 1.64. The number of carbonyl (C=O) groups is 1. The maximum absolute atomic E-state index is 11.8. The second kappa shape index (κ2) is 6.54. The smallest absolute Gasteiger partial charge is 0.271 e. The molecular formula is C18H14N2O2. The summed E-state index contributed by atoms with van der Waals surface area (Å²) in [6.07, 6.45) is 1.48. The molecule has 1 heterocycles. The number of benzene rings is 2. The van der Waals surface area contributed by atoms with Crippen molar-refractivity contribution in [3.63, 3.8) is 0 Å². The topological polar surface area (TPSA) is 54.6 Å². The number of nitrogens with one attached hydrogen (secondary N) is 1. The van der Waals surface area contributed by atoms with Gasteiger partial charge in [0.15, 0.2) is 0 Å². The minimum absolute atomic E-state index is 0.258. The largest absolute Gasteiger partial charge is 0.455 e. The summed E-state index contributed by atoms with van der Waals surface area (Å²) < 4.78 is 5.66. The van der Waals surface area contributed by atoms with Gasteiger partial charge in [-0.1, -0.05) is 48.5 Å². The summed E-state index contributed by atoms with van der Waals surface area (Å²) >= 11 is 0. The molecule has 3 rings (SSSR count). The Morgan fingerprint density at radius 1 is 0.909 bits per heavy atom. The highest BCUT2D eigenvalue weighted by atomic mass is 16.3. The summed E-state index contributed by atoms with van der Waals surface area (Å²) in [5, 5.41) is 3.91. The van der Waals surface area contributed by atoms with E-state index in [9.17, 15) is 4.79 Å². The molecule has 0 aliphatic carbocycles. The highest BCUT2D eigenvalue weighted by Gasteiger charge is 2.04. The quantitative estimate of drug-likeness (QED) is 0.588. The van der Waals surface area contributed by atoms with Crippen LogP contribution in [0.2, 0.25) is 0 Å². The first kappa shape index (κ1) is 13.8. The van der Waals surface area contributed by atoms with Gasteiger partial charge in [0.2, 0.25) is 0 Å². The molecule has 0 radical (unpaired) electrons. The van der Waals surface area contributed by atoms with Crippen LogP contribution in [0.25, 0.3) is 11.3 Å². The van der Waals surface area contributed by atoms with Crippen molar-refractivity contribution in [2.45, 2.75) is 0 Å². The summed E-state index contributed by atoms with van der Waals surface area (Å²) in [6.45, 7) is 0. The number of furan rings is 1. The minimum atomic E-state index is -0.258. The highest BCUT2D eigenvalue weighted by Crippen LogP contribution is 2.20. The predicted octanol–water partition coefficient (Wildman–Crippen LogP) is 3.71. The van der Waals surface area contributed by atoms with Crippen molar-refractivity contribution in [1.82, 2.24) is 5.43 Å². The van der Waals surface area contributed by atoms with E-state index >= 15 is 0 Å². The number of nitrogens with zero attached hydrogens (tertiary/aromatic N) is 1. The molecule has 0 bridgehead atoms. The Morgan fingerprint density at radius 3 is 2.32 bits per heavy atom. The highest BCUT2D eigenvalue weighted by molar-refractivity contribution is 5.94. The van der Waals surface area contributed by atoms with Gasteiger partial charge in [-0.25, -0.2) is 5.43 Å². The molecule has 1 amide bonds. The molecule has 0 saturated carbocycles. The maximum Gasteiger partial charge on any atom is 0.271 e. The number of hydrogen-bond acceptors (Lipinski definition) is 3. The number of rotatable bonds is 4. The molecule has 3 aromatic rings. The van der Waals surface area contributed by atoms with Crippen LogP contribution in [0.15, 0.2) is 82.3 Å². The molecule has 22 heavy (non-hydrogen) atoms. The standard InChI is InChI=1S/C18H14N2O2/c21-18(15-9-5-2-6-10-15)20-19-13-16-11-12-17(22-16)14-7-3-1-4-8-14/h1-13H,(H,20,21)/b19-13-. The number of hydrogen-bond donors (Lipinski definition) is 1. The van der Waals surface area contributed by atoms with Crippen molar-refractivity contribution >= 4 is 12.1 Å². The average molecular weight is 290 g/mol. The minimum Gasteiger partial charge on any atom is -0.455 e. The van der Waals surface area contributed by atoms with Gasteiger partial charge in [0.05, 0.1) is 6.21 Å². The van der Waals surface area contributed by atoms with Crippen molar-refractivity contribution in [2.24, 2.45) is 5.10 Å². The number of amides is 1. The van der Waals surface area contributed by atoms with E-state index in [2.05, 4.69) is 10.5 Å². The van der Waals surface area contributed by atoms with E-state index < -0.39 is 0 Å². The molecule has 4 heteroatoms. The van der Waals surface area contributed by atoms with Gasteiger partial charge in [0.25, 0.3) is 5.91 Å². The zero-order valence-corrected chi connectivity index (χ0v) is 11.8. The molecule has 0 spiro atoms. The Kier molecular flexibility index (Phi) is 4.11. The van der Waals surface area contributed by atoms with Crippen LogP contribution in [-0.2, 0) is 0 Å². The molecule has 2 aromatic carbocycles.